The van der Waals surface area contributed by atoms with Crippen molar-refractivity contribution in [1.29, 1.82) is 0 Å². The molecule has 0 unspecified atom stereocenters. The first-order valence-electron chi connectivity index (χ1n) is 2.65. The van der Waals surface area contributed by atoms with E-state index in [1.807, 2.05) is 6.26 Å². The largest absolute Gasteiger partial charge is 0.480 e. The Morgan fingerprint density at radius 1 is 1.89 bits per heavy atom. The van der Waals surface area contributed by atoms with Crippen molar-refractivity contribution in [3.05, 3.63) is 0 Å². The third-order valence-corrected chi connectivity index (χ3v) is 1.59. The Balaban J connectivity index is 3.27. The third kappa shape index (κ3) is 4.29. The molecule has 0 rings (SSSR count). The van der Waals surface area contributed by atoms with Gasteiger partial charge in [-0.25, -0.2) is 0 Å². The van der Waals surface area contributed by atoms with E-state index in [1.165, 1.54) is 0 Å². The van der Waals surface area contributed by atoms with E-state index in [1.54, 1.807) is 11.8 Å². The standard InChI is InChI=1S/C5H11NO2S/c1-9-3-2-4(6)5(7)8/h4H,2-3,6H2,1H3,(H,7,8)/t4-/m0/s1/i9+6. The predicted octanol–water partition coefficient (Wildman–Crippen LogP) is 0.151. The quantitative estimate of drug-likeness (QED) is 0.606. The topological polar surface area (TPSA) is 63.3 Å². The Kier molecular flexibility index (Phi) is 4.53. The Morgan fingerprint density at radius 2 is 2.44 bits per heavy atom. The van der Waals surface area contributed by atoms with Crippen molar-refractivity contribution in [1.82, 2.24) is 0 Å². The SMILES string of the molecule is C[38S]CC[C@H](N)C(=O)O. The summed E-state index contributed by atoms with van der Waals surface area (Å²) < 4.78 is 0. The number of carboxylic acids is 1. The summed E-state index contributed by atoms with van der Waals surface area (Å²) in [6.07, 6.45) is 2.48. The van der Waals surface area contributed by atoms with E-state index in [9.17, 15) is 4.79 Å². The Morgan fingerprint density at radius 3 is 2.78 bits per heavy atom. The zero-order valence-electron chi connectivity index (χ0n) is 5.33. The van der Waals surface area contributed by atoms with E-state index in [0.29, 0.717) is 6.42 Å². The number of nitrogens with two attached hydrogens (primary N) is 1. The van der Waals surface area contributed by atoms with Crippen molar-refractivity contribution in [2.75, 3.05) is 12.0 Å². The molecule has 0 aliphatic carbocycles. The second-order valence-corrected chi connectivity index (χ2v) is 2.71. The first-order valence-corrected chi connectivity index (χ1v) is 4.05. The van der Waals surface area contributed by atoms with Crippen LogP contribution in [0.1, 0.15) is 6.42 Å². The van der Waals surface area contributed by atoms with Gasteiger partial charge in [-0.1, -0.05) is 0 Å². The monoisotopic (exact) mass is 155 g/mol. The minimum Gasteiger partial charge on any atom is -0.480 e. The molecule has 0 saturated carbocycles. The van der Waals surface area contributed by atoms with Gasteiger partial charge in [-0.05, 0) is 18.4 Å². The van der Waals surface area contributed by atoms with Gasteiger partial charge in [0, 0.05) is 0 Å². The van der Waals surface area contributed by atoms with Crippen LogP contribution in [0.15, 0.2) is 0 Å². The molecular formula is C5H11NO2S. The van der Waals surface area contributed by atoms with Crippen molar-refractivity contribution in [3.8, 4) is 0 Å². The van der Waals surface area contributed by atoms with Gasteiger partial charge in [0.2, 0.25) is 0 Å². The Labute approximate surface area is 58.6 Å². The van der Waals surface area contributed by atoms with Crippen molar-refractivity contribution in [3.63, 3.8) is 0 Å². The van der Waals surface area contributed by atoms with Crippen LogP contribution >= 0.6 is 11.8 Å². The van der Waals surface area contributed by atoms with Crippen molar-refractivity contribution >= 4 is 17.7 Å². The molecule has 0 aliphatic rings. The summed E-state index contributed by atoms with van der Waals surface area (Å²) in [6.45, 7) is 0. The van der Waals surface area contributed by atoms with Gasteiger partial charge in [0.05, 0.1) is 0 Å². The molecular weight excluding hydrogens is 144 g/mol. The molecule has 4 heteroatoms. The van der Waals surface area contributed by atoms with Gasteiger partial charge in [0.15, 0.2) is 0 Å². The smallest absolute Gasteiger partial charge is 0.320 e. The third-order valence-electron chi connectivity index (χ3n) is 0.950. The predicted molar refractivity (Wildman–Crippen MR) is 38.6 cm³/mol. The maximum Gasteiger partial charge on any atom is 0.320 e. The first kappa shape index (κ1) is 8.78. The number of thioether (sulfide) groups is 1. The average molecular weight is 155 g/mol. The molecule has 3 N–H and O–H groups in total. The zero-order valence-corrected chi connectivity index (χ0v) is 6.15. The lowest BCUT2D eigenvalue weighted by Gasteiger charge is -2.02. The average Bonchev–Trinajstić information content (AvgIpc) is 1.82. The number of hydrogen-bond acceptors (Lipinski definition) is 3. The molecule has 0 amide bonds. The minimum absolute atomic E-state index is 0.552. The van der Waals surface area contributed by atoms with Gasteiger partial charge in [0.1, 0.15) is 6.04 Å². The molecule has 54 valence electrons. The fraction of sp³-hybridized carbons (Fsp3) is 0.800. The summed E-state index contributed by atoms with van der Waals surface area (Å²) in [5, 5.41) is 8.27. The molecule has 0 heterocycles. The highest BCUT2D eigenvalue weighted by Crippen LogP contribution is 1.97. The lowest BCUT2D eigenvalue weighted by Crippen LogP contribution is -2.30. The normalized spacial score (nSPS) is 13.1. The summed E-state index contributed by atoms with van der Waals surface area (Å²) in [4.78, 5) is 10.1. The van der Waals surface area contributed by atoms with Crippen LogP contribution in [0.3, 0.4) is 0 Å². The highest BCUT2D eigenvalue weighted by molar-refractivity contribution is 7.98. The maximum absolute atomic E-state index is 10.1. The fourth-order valence-corrected chi connectivity index (χ4v) is 0.858. The van der Waals surface area contributed by atoms with E-state index < -0.39 is 12.0 Å². The van der Waals surface area contributed by atoms with E-state index in [4.69, 9.17) is 10.8 Å². The lowest BCUT2D eigenvalue weighted by atomic mass is 10.2. The molecule has 9 heavy (non-hydrogen) atoms. The highest BCUT2D eigenvalue weighted by atomic mass is 38.0. The summed E-state index contributed by atoms with van der Waals surface area (Å²) in [6, 6.07) is -0.683. The van der Waals surface area contributed by atoms with Crippen LogP contribution in [0.2, 0.25) is 0 Å². The summed E-state index contributed by atoms with van der Waals surface area (Å²) in [5.41, 5.74) is 5.19. The maximum atomic E-state index is 10.1. The molecule has 3 nitrogen and oxygen atoms in total. The van der Waals surface area contributed by atoms with Gasteiger partial charge < -0.3 is 10.8 Å². The van der Waals surface area contributed by atoms with E-state index in [2.05, 4.69) is 0 Å². The molecule has 0 aromatic carbocycles. The molecule has 0 spiro atoms. The fourth-order valence-electron chi connectivity index (χ4n) is 0.368. The number of rotatable bonds is 4. The summed E-state index contributed by atoms with van der Waals surface area (Å²) in [7, 11) is 0. The van der Waals surface area contributed by atoms with E-state index in [0.717, 1.165) is 5.75 Å². The molecule has 0 radical (unpaired) electrons. The van der Waals surface area contributed by atoms with Gasteiger partial charge in [-0.3, -0.25) is 4.79 Å². The number of aliphatic carboxylic acids is 1. The molecule has 0 saturated heterocycles. The summed E-state index contributed by atoms with van der Waals surface area (Å²) >= 11 is 1.60. The van der Waals surface area contributed by atoms with Gasteiger partial charge >= 0.3 is 5.97 Å². The number of hydrogen-bond donors (Lipinski definition) is 2. The van der Waals surface area contributed by atoms with Crippen LogP contribution in [-0.4, -0.2) is 29.1 Å². The second-order valence-electron chi connectivity index (χ2n) is 1.73. The number of carbonyl (C=O) groups is 1. The first-order chi connectivity index (χ1) is 4.18. The second kappa shape index (κ2) is 4.64. The number of carboxylic acid groups (broad SMARTS) is 1. The molecule has 0 fully saturated rings. The van der Waals surface area contributed by atoms with Crippen LogP contribution in [0.5, 0.6) is 0 Å². The lowest BCUT2D eigenvalue weighted by molar-refractivity contribution is -0.138. The molecule has 0 bridgehead atoms. The zero-order chi connectivity index (χ0) is 7.28. The van der Waals surface area contributed by atoms with E-state index >= 15 is 0 Å². The Bertz CT molecular complexity index is 97.0. The molecule has 0 aromatic rings. The highest BCUT2D eigenvalue weighted by Gasteiger charge is 2.08. The van der Waals surface area contributed by atoms with Crippen LogP contribution < -0.4 is 5.73 Å². The summed E-state index contributed by atoms with van der Waals surface area (Å²) in [5.74, 6) is -0.1000. The van der Waals surface area contributed by atoms with Gasteiger partial charge in [-0.2, -0.15) is 11.8 Å². The molecule has 1 atom stereocenters. The van der Waals surface area contributed by atoms with Crippen molar-refractivity contribution < 1.29 is 9.90 Å². The van der Waals surface area contributed by atoms with Crippen LogP contribution in [0, 0.1) is 0 Å². The van der Waals surface area contributed by atoms with Crippen LogP contribution in [0.25, 0.3) is 0 Å². The van der Waals surface area contributed by atoms with Gasteiger partial charge in [0.25, 0.3) is 0 Å². The molecule has 0 aliphatic heterocycles. The van der Waals surface area contributed by atoms with Crippen molar-refractivity contribution in [2.45, 2.75) is 12.5 Å². The minimum atomic E-state index is -0.913. The van der Waals surface area contributed by atoms with Crippen molar-refractivity contribution in [2.24, 2.45) is 5.73 Å². The Hall–Kier alpha value is -0.220. The van der Waals surface area contributed by atoms with E-state index in [-0.39, 0.29) is 0 Å². The van der Waals surface area contributed by atoms with Crippen LogP contribution in [-0.2, 0) is 4.79 Å². The van der Waals surface area contributed by atoms with Crippen LogP contribution in [0.4, 0.5) is 0 Å². The molecule has 0 aromatic heterocycles. The van der Waals surface area contributed by atoms with Gasteiger partial charge in [-0.15, -0.1) is 0 Å².